The molecule has 0 saturated carbocycles. The van der Waals surface area contributed by atoms with Crippen LogP contribution in [0.25, 0.3) is 12.2 Å². The van der Waals surface area contributed by atoms with Gasteiger partial charge in [-0.05, 0) is 0 Å². The molecule has 0 spiro atoms. The first-order valence-electron chi connectivity index (χ1n) is 3.54. The van der Waals surface area contributed by atoms with Crippen LogP contribution in [-0.2, 0) is 0 Å². The maximum atomic E-state index is 5.05. The number of hydrogen-bond acceptors (Lipinski definition) is 1. The van der Waals surface area contributed by atoms with Gasteiger partial charge < -0.3 is 4.42 Å². The molecule has 1 heteroatoms. The molecular weight excluding hydrogens is 136 g/mol. The van der Waals surface area contributed by atoms with Crippen molar-refractivity contribution in [1.29, 1.82) is 0 Å². The summed E-state index contributed by atoms with van der Waals surface area (Å²) >= 11 is 0. The number of rotatable bonds is 0. The lowest BCUT2D eigenvalue weighted by Gasteiger charge is -1.89. The van der Waals surface area contributed by atoms with Crippen LogP contribution < -0.4 is 0 Å². The highest BCUT2D eigenvalue weighted by Gasteiger charge is 1.97. The van der Waals surface area contributed by atoms with E-state index in [1.165, 1.54) is 0 Å². The summed E-state index contributed by atoms with van der Waals surface area (Å²) in [6.45, 7) is 0. The third kappa shape index (κ3) is 1.17. The fourth-order valence-electron chi connectivity index (χ4n) is 1.03. The Hall–Kier alpha value is -1.50. The topological polar surface area (TPSA) is 13.1 Å². The van der Waals surface area contributed by atoms with E-state index >= 15 is 0 Å². The van der Waals surface area contributed by atoms with Crippen molar-refractivity contribution in [2.45, 2.75) is 0 Å². The first-order chi connectivity index (χ1) is 5.47. The van der Waals surface area contributed by atoms with Gasteiger partial charge in [0, 0.05) is 11.1 Å². The summed E-state index contributed by atoms with van der Waals surface area (Å²) in [5.41, 5.74) is 2.26. The Morgan fingerprint density at radius 2 is 1.27 bits per heavy atom. The average Bonchev–Trinajstić information content (AvgIpc) is 2.35. The van der Waals surface area contributed by atoms with E-state index in [9.17, 15) is 0 Å². The van der Waals surface area contributed by atoms with Gasteiger partial charge in [0.25, 0.3) is 0 Å². The lowest BCUT2D eigenvalue weighted by atomic mass is 10.1. The SMILES string of the molecule is C1=C\C=C/c2cocc2\C=C/1. The Labute approximate surface area is 65.3 Å². The van der Waals surface area contributed by atoms with E-state index in [-0.39, 0.29) is 0 Å². The minimum Gasteiger partial charge on any atom is -0.471 e. The molecule has 2 rings (SSSR count). The van der Waals surface area contributed by atoms with Crippen molar-refractivity contribution in [3.8, 4) is 0 Å². The normalized spacial score (nSPS) is 22.9. The van der Waals surface area contributed by atoms with Crippen LogP contribution in [0.4, 0.5) is 0 Å². The highest BCUT2D eigenvalue weighted by molar-refractivity contribution is 5.66. The van der Waals surface area contributed by atoms with E-state index in [4.69, 9.17) is 4.42 Å². The maximum absolute atomic E-state index is 5.05. The van der Waals surface area contributed by atoms with Gasteiger partial charge in [-0.25, -0.2) is 0 Å². The second-order valence-corrected chi connectivity index (χ2v) is 2.39. The summed E-state index contributed by atoms with van der Waals surface area (Å²) in [7, 11) is 0. The van der Waals surface area contributed by atoms with Crippen molar-refractivity contribution < 1.29 is 4.42 Å². The van der Waals surface area contributed by atoms with Crippen LogP contribution in [0.15, 0.2) is 41.2 Å². The summed E-state index contributed by atoms with van der Waals surface area (Å²) in [6, 6.07) is 0. The van der Waals surface area contributed by atoms with Gasteiger partial charge in [-0.15, -0.1) is 0 Å². The lowest BCUT2D eigenvalue weighted by molar-refractivity contribution is 0.566. The highest BCUT2D eigenvalue weighted by atomic mass is 16.3. The molecule has 0 saturated heterocycles. The smallest absolute Gasteiger partial charge is 0.0981 e. The van der Waals surface area contributed by atoms with Gasteiger partial charge >= 0.3 is 0 Å². The Balaban J connectivity index is 2.52. The fraction of sp³-hybridized carbons (Fsp3) is 0. The third-order valence-corrected chi connectivity index (χ3v) is 1.61. The summed E-state index contributed by atoms with van der Waals surface area (Å²) < 4.78 is 5.05. The summed E-state index contributed by atoms with van der Waals surface area (Å²) in [5, 5.41) is 0. The Morgan fingerprint density at radius 1 is 0.727 bits per heavy atom. The molecule has 0 aromatic carbocycles. The molecule has 54 valence electrons. The first-order valence-corrected chi connectivity index (χ1v) is 3.54. The second-order valence-electron chi connectivity index (χ2n) is 2.39. The number of fused-ring (bicyclic) bond motifs is 1. The van der Waals surface area contributed by atoms with Crippen molar-refractivity contribution in [1.82, 2.24) is 0 Å². The quantitative estimate of drug-likeness (QED) is 0.545. The molecule has 11 heavy (non-hydrogen) atoms. The molecule has 0 N–H and O–H groups in total. The van der Waals surface area contributed by atoms with E-state index in [1.807, 2.05) is 36.5 Å². The Morgan fingerprint density at radius 3 is 1.82 bits per heavy atom. The largest absolute Gasteiger partial charge is 0.471 e. The molecule has 0 radical (unpaired) electrons. The molecule has 1 aliphatic carbocycles. The zero-order valence-corrected chi connectivity index (χ0v) is 6.03. The van der Waals surface area contributed by atoms with E-state index < -0.39 is 0 Å². The molecule has 0 aliphatic heterocycles. The van der Waals surface area contributed by atoms with E-state index in [1.54, 1.807) is 12.5 Å². The van der Waals surface area contributed by atoms with Crippen LogP contribution in [0.5, 0.6) is 0 Å². The van der Waals surface area contributed by atoms with E-state index in [0.717, 1.165) is 11.1 Å². The van der Waals surface area contributed by atoms with Crippen molar-refractivity contribution >= 4 is 12.2 Å². The first kappa shape index (κ1) is 6.23. The van der Waals surface area contributed by atoms with E-state index in [0.29, 0.717) is 0 Å². The van der Waals surface area contributed by atoms with Crippen LogP contribution >= 0.6 is 0 Å². The van der Waals surface area contributed by atoms with E-state index in [2.05, 4.69) is 0 Å². The summed E-state index contributed by atoms with van der Waals surface area (Å²) in [6.07, 6.45) is 15.5. The Kier molecular flexibility index (Phi) is 1.48. The van der Waals surface area contributed by atoms with Gasteiger partial charge in [0.15, 0.2) is 0 Å². The molecule has 0 unspecified atom stereocenters. The lowest BCUT2D eigenvalue weighted by Crippen LogP contribution is -1.71. The van der Waals surface area contributed by atoms with Gasteiger partial charge in [0.2, 0.25) is 0 Å². The van der Waals surface area contributed by atoms with Gasteiger partial charge in [-0.2, -0.15) is 0 Å². The maximum Gasteiger partial charge on any atom is 0.0981 e. The monoisotopic (exact) mass is 144 g/mol. The van der Waals surface area contributed by atoms with Crippen LogP contribution in [0, 0.1) is 0 Å². The molecular formula is C10H8O. The Bertz CT molecular complexity index is 296. The number of furan rings is 1. The highest BCUT2D eigenvalue weighted by Crippen LogP contribution is 2.15. The van der Waals surface area contributed by atoms with Gasteiger partial charge in [-0.1, -0.05) is 36.5 Å². The summed E-state index contributed by atoms with van der Waals surface area (Å²) in [4.78, 5) is 0. The van der Waals surface area contributed by atoms with Crippen molar-refractivity contribution in [2.75, 3.05) is 0 Å². The molecule has 1 aromatic heterocycles. The average molecular weight is 144 g/mol. The molecule has 1 aromatic rings. The van der Waals surface area contributed by atoms with Crippen molar-refractivity contribution in [2.24, 2.45) is 0 Å². The molecule has 1 nitrogen and oxygen atoms in total. The van der Waals surface area contributed by atoms with Crippen LogP contribution in [0.3, 0.4) is 0 Å². The third-order valence-electron chi connectivity index (χ3n) is 1.61. The minimum absolute atomic E-state index is 1.13. The van der Waals surface area contributed by atoms with Crippen molar-refractivity contribution in [3.63, 3.8) is 0 Å². The number of allylic oxidation sites excluding steroid dienone is 4. The minimum atomic E-state index is 1.13. The number of hydrogen-bond donors (Lipinski definition) is 0. The van der Waals surface area contributed by atoms with Crippen LogP contribution in [0.2, 0.25) is 0 Å². The van der Waals surface area contributed by atoms with Gasteiger partial charge in [0.05, 0.1) is 12.5 Å². The molecule has 0 fully saturated rings. The molecule has 0 amide bonds. The fourth-order valence-corrected chi connectivity index (χ4v) is 1.03. The zero-order chi connectivity index (χ0) is 7.52. The predicted octanol–water partition coefficient (Wildman–Crippen LogP) is 2.88. The van der Waals surface area contributed by atoms with Gasteiger partial charge in [0.1, 0.15) is 0 Å². The zero-order valence-electron chi connectivity index (χ0n) is 6.03. The van der Waals surface area contributed by atoms with Crippen molar-refractivity contribution in [3.05, 3.63) is 48.0 Å². The molecule has 1 heterocycles. The summed E-state index contributed by atoms with van der Waals surface area (Å²) in [5.74, 6) is 0. The van der Waals surface area contributed by atoms with Gasteiger partial charge in [-0.3, -0.25) is 0 Å². The van der Waals surface area contributed by atoms with Crippen LogP contribution in [-0.4, -0.2) is 0 Å². The predicted molar refractivity (Wildman–Crippen MR) is 45.9 cm³/mol. The van der Waals surface area contributed by atoms with Crippen LogP contribution in [0.1, 0.15) is 11.1 Å². The second kappa shape index (κ2) is 2.62. The standard InChI is InChI=1S/C10H8O/c1-2-4-6-10-8-11-7-9(10)5-3-1/h1-8H/b2-1-,5-3-,6-4-. The molecule has 0 atom stereocenters. The molecule has 0 bridgehead atoms. The molecule has 1 aliphatic rings.